The molecule has 0 fully saturated rings. The van der Waals surface area contributed by atoms with Crippen molar-refractivity contribution in [1.82, 2.24) is 13.9 Å². The van der Waals surface area contributed by atoms with E-state index in [0.29, 0.717) is 13.1 Å². The van der Waals surface area contributed by atoms with Gasteiger partial charge in [-0.1, -0.05) is 13.8 Å². The van der Waals surface area contributed by atoms with E-state index < -0.39 is 10.2 Å². The zero-order valence-corrected chi connectivity index (χ0v) is 12.8. The molecule has 19 heavy (non-hydrogen) atoms. The molecular formula is C12H23N3O3S. The van der Waals surface area contributed by atoms with E-state index in [4.69, 9.17) is 4.42 Å². The van der Waals surface area contributed by atoms with E-state index in [-0.39, 0.29) is 12.6 Å². The second-order valence-corrected chi connectivity index (χ2v) is 6.19. The summed E-state index contributed by atoms with van der Waals surface area (Å²) in [6, 6.07) is 3.52. The first kappa shape index (κ1) is 16.2. The molecule has 0 unspecified atom stereocenters. The zero-order chi connectivity index (χ0) is 14.5. The molecule has 1 aromatic heterocycles. The fraction of sp³-hybridized carbons (Fsp3) is 0.667. The van der Waals surface area contributed by atoms with Crippen LogP contribution in [0, 0.1) is 0 Å². The molecule has 0 aliphatic carbocycles. The fourth-order valence-corrected chi connectivity index (χ4v) is 3.09. The summed E-state index contributed by atoms with van der Waals surface area (Å²) in [6.07, 6.45) is 1.59. The molecule has 0 saturated heterocycles. The van der Waals surface area contributed by atoms with E-state index in [9.17, 15) is 8.42 Å². The van der Waals surface area contributed by atoms with Crippen molar-refractivity contribution in [2.75, 3.05) is 33.7 Å². The Hall–Kier alpha value is -0.890. The van der Waals surface area contributed by atoms with Crippen LogP contribution in [0.5, 0.6) is 0 Å². The topological polar surface area (TPSA) is 65.8 Å². The molecular weight excluding hydrogens is 266 g/mol. The van der Waals surface area contributed by atoms with Crippen LogP contribution in [0.25, 0.3) is 0 Å². The molecule has 110 valence electrons. The van der Waals surface area contributed by atoms with E-state index in [0.717, 1.165) is 5.76 Å². The lowest BCUT2D eigenvalue weighted by atomic mass is 10.2. The Morgan fingerprint density at radius 2 is 1.95 bits per heavy atom. The van der Waals surface area contributed by atoms with Crippen molar-refractivity contribution >= 4 is 10.2 Å². The summed E-state index contributed by atoms with van der Waals surface area (Å²) < 4.78 is 33.5. The van der Waals surface area contributed by atoms with E-state index in [1.54, 1.807) is 12.3 Å². The summed E-state index contributed by atoms with van der Waals surface area (Å²) in [5, 5.41) is 0. The summed E-state index contributed by atoms with van der Waals surface area (Å²) in [5.74, 6) is 0.743. The van der Waals surface area contributed by atoms with Crippen LogP contribution >= 0.6 is 0 Å². The molecule has 0 radical (unpaired) electrons. The Kier molecular flexibility index (Phi) is 5.99. The quantitative estimate of drug-likeness (QED) is 0.777. The molecule has 7 heteroatoms. The van der Waals surface area contributed by atoms with Crippen LogP contribution in [0.15, 0.2) is 22.8 Å². The fourth-order valence-electron chi connectivity index (χ4n) is 1.86. The first-order valence-electron chi connectivity index (χ1n) is 6.36. The van der Waals surface area contributed by atoms with Gasteiger partial charge in [0.1, 0.15) is 5.76 Å². The lowest BCUT2D eigenvalue weighted by Crippen LogP contribution is -2.43. The standard InChI is InChI=1S/C12H23N3O3S/c1-5-15(6-2)19(16,17)13-10-11(14(3)4)12-8-7-9-18-12/h7-9,11,13H,5-6,10H2,1-4H3/t11-/m1/s1. The maximum Gasteiger partial charge on any atom is 0.279 e. The first-order chi connectivity index (χ1) is 8.92. The van der Waals surface area contributed by atoms with Crippen molar-refractivity contribution in [1.29, 1.82) is 0 Å². The molecule has 1 heterocycles. The van der Waals surface area contributed by atoms with E-state index in [2.05, 4.69) is 4.72 Å². The minimum Gasteiger partial charge on any atom is -0.468 e. The minimum absolute atomic E-state index is 0.125. The Labute approximate surface area is 115 Å². The monoisotopic (exact) mass is 289 g/mol. The number of hydrogen-bond donors (Lipinski definition) is 1. The zero-order valence-electron chi connectivity index (χ0n) is 12.0. The van der Waals surface area contributed by atoms with Gasteiger partial charge in [-0.2, -0.15) is 12.7 Å². The molecule has 0 aromatic carbocycles. The summed E-state index contributed by atoms with van der Waals surface area (Å²) >= 11 is 0. The smallest absolute Gasteiger partial charge is 0.279 e. The van der Waals surface area contributed by atoms with Gasteiger partial charge >= 0.3 is 0 Å². The van der Waals surface area contributed by atoms with Gasteiger partial charge in [-0.05, 0) is 26.2 Å². The maximum atomic E-state index is 12.1. The predicted molar refractivity (Wildman–Crippen MR) is 75.0 cm³/mol. The third-order valence-corrected chi connectivity index (χ3v) is 4.73. The maximum absolute atomic E-state index is 12.1. The number of furan rings is 1. The normalized spacial score (nSPS) is 14.2. The molecule has 1 rings (SSSR count). The Morgan fingerprint density at radius 3 is 2.37 bits per heavy atom. The lowest BCUT2D eigenvalue weighted by Gasteiger charge is -2.25. The third-order valence-electron chi connectivity index (χ3n) is 3.00. The van der Waals surface area contributed by atoms with Gasteiger partial charge in [0.15, 0.2) is 0 Å². The number of nitrogens with zero attached hydrogens (tertiary/aromatic N) is 2. The molecule has 0 amide bonds. The molecule has 0 saturated carbocycles. The molecule has 0 spiro atoms. The molecule has 6 nitrogen and oxygen atoms in total. The van der Waals surface area contributed by atoms with Gasteiger partial charge in [-0.25, -0.2) is 4.72 Å². The van der Waals surface area contributed by atoms with Gasteiger partial charge in [-0.3, -0.25) is 4.90 Å². The Bertz CT molecular complexity index is 453. The van der Waals surface area contributed by atoms with Gasteiger partial charge in [0.2, 0.25) is 0 Å². The average Bonchev–Trinajstić information content (AvgIpc) is 2.83. The second-order valence-electron chi connectivity index (χ2n) is 4.43. The van der Waals surface area contributed by atoms with Crippen molar-refractivity contribution in [3.63, 3.8) is 0 Å². The van der Waals surface area contributed by atoms with Gasteiger partial charge in [0.05, 0.1) is 12.3 Å². The van der Waals surface area contributed by atoms with Crippen LogP contribution < -0.4 is 4.72 Å². The van der Waals surface area contributed by atoms with Crippen molar-refractivity contribution in [3.8, 4) is 0 Å². The van der Waals surface area contributed by atoms with Crippen LogP contribution in [-0.4, -0.2) is 51.4 Å². The van der Waals surface area contributed by atoms with Crippen molar-refractivity contribution in [3.05, 3.63) is 24.2 Å². The highest BCUT2D eigenvalue weighted by atomic mass is 32.2. The summed E-state index contributed by atoms with van der Waals surface area (Å²) in [6.45, 7) is 4.83. The number of rotatable bonds is 8. The van der Waals surface area contributed by atoms with Gasteiger partial charge in [0, 0.05) is 19.6 Å². The highest BCUT2D eigenvalue weighted by Crippen LogP contribution is 2.18. The summed E-state index contributed by atoms with van der Waals surface area (Å²) in [4.78, 5) is 1.92. The van der Waals surface area contributed by atoms with Crippen LogP contribution in [-0.2, 0) is 10.2 Å². The van der Waals surface area contributed by atoms with Crippen molar-refractivity contribution in [2.45, 2.75) is 19.9 Å². The molecule has 1 N–H and O–H groups in total. The minimum atomic E-state index is -3.43. The number of hydrogen-bond acceptors (Lipinski definition) is 4. The summed E-state index contributed by atoms with van der Waals surface area (Å²) in [7, 11) is 0.348. The lowest BCUT2D eigenvalue weighted by molar-refractivity contribution is 0.258. The molecule has 1 atom stereocenters. The highest BCUT2D eigenvalue weighted by Gasteiger charge is 2.23. The van der Waals surface area contributed by atoms with Gasteiger partial charge < -0.3 is 4.42 Å². The van der Waals surface area contributed by atoms with Crippen LogP contribution in [0.2, 0.25) is 0 Å². The molecule has 0 aliphatic rings. The van der Waals surface area contributed by atoms with Gasteiger partial charge in [0.25, 0.3) is 10.2 Å². The Balaban J connectivity index is 2.73. The first-order valence-corrected chi connectivity index (χ1v) is 7.81. The highest BCUT2D eigenvalue weighted by molar-refractivity contribution is 7.87. The van der Waals surface area contributed by atoms with Crippen molar-refractivity contribution in [2.24, 2.45) is 0 Å². The summed E-state index contributed by atoms with van der Waals surface area (Å²) in [5.41, 5.74) is 0. The Morgan fingerprint density at radius 1 is 1.32 bits per heavy atom. The van der Waals surface area contributed by atoms with Crippen LogP contribution in [0.4, 0.5) is 0 Å². The molecule has 0 bridgehead atoms. The molecule has 0 aliphatic heterocycles. The SMILES string of the molecule is CCN(CC)S(=O)(=O)NC[C@H](c1ccco1)N(C)C. The predicted octanol–water partition coefficient (Wildman–Crippen LogP) is 1.06. The van der Waals surface area contributed by atoms with E-state index in [1.165, 1.54) is 4.31 Å². The van der Waals surface area contributed by atoms with Gasteiger partial charge in [-0.15, -0.1) is 0 Å². The van der Waals surface area contributed by atoms with Crippen molar-refractivity contribution < 1.29 is 12.8 Å². The average molecular weight is 289 g/mol. The van der Waals surface area contributed by atoms with Crippen LogP contribution in [0.3, 0.4) is 0 Å². The van der Waals surface area contributed by atoms with Crippen LogP contribution in [0.1, 0.15) is 25.6 Å². The second kappa shape index (κ2) is 7.04. The third kappa shape index (κ3) is 4.31. The number of nitrogens with one attached hydrogen (secondary N) is 1. The molecule has 1 aromatic rings. The number of likely N-dealkylation sites (N-methyl/N-ethyl adjacent to an activating group) is 1. The van der Waals surface area contributed by atoms with E-state index in [1.807, 2.05) is 38.9 Å². The van der Waals surface area contributed by atoms with E-state index >= 15 is 0 Å². The largest absolute Gasteiger partial charge is 0.468 e.